The summed E-state index contributed by atoms with van der Waals surface area (Å²) in [5.74, 6) is 0.425. The van der Waals surface area contributed by atoms with Crippen LogP contribution in [0, 0.1) is 19.8 Å². The summed E-state index contributed by atoms with van der Waals surface area (Å²) >= 11 is 0. The average molecular weight is 339 g/mol. The van der Waals surface area contributed by atoms with Crippen molar-refractivity contribution in [3.05, 3.63) is 29.3 Å². The van der Waals surface area contributed by atoms with Crippen LogP contribution in [0.4, 0.5) is 0 Å². The van der Waals surface area contributed by atoms with E-state index in [1.54, 1.807) is 6.07 Å². The maximum absolute atomic E-state index is 12.7. The molecule has 1 aromatic rings. The van der Waals surface area contributed by atoms with Gasteiger partial charge in [0.15, 0.2) is 0 Å². The van der Waals surface area contributed by atoms with E-state index in [9.17, 15) is 8.42 Å². The Hall–Kier alpha value is -0.910. The van der Waals surface area contributed by atoms with E-state index in [1.807, 2.05) is 26.0 Å². The van der Waals surface area contributed by atoms with E-state index >= 15 is 0 Å². The lowest BCUT2D eigenvalue weighted by Gasteiger charge is -2.37. The number of likely N-dealkylation sites (tertiary alicyclic amines) is 1. The van der Waals surface area contributed by atoms with Crippen LogP contribution in [0.1, 0.15) is 44.2 Å². The molecule has 1 fully saturated rings. The van der Waals surface area contributed by atoms with Crippen molar-refractivity contribution in [2.24, 2.45) is 5.92 Å². The second-order valence-corrected chi connectivity index (χ2v) is 8.76. The van der Waals surface area contributed by atoms with Gasteiger partial charge >= 0.3 is 0 Å². The lowest BCUT2D eigenvalue weighted by atomic mass is 9.99. The number of hydrogen-bond donors (Lipinski definition) is 1. The second kappa shape index (κ2) is 7.77. The Morgan fingerprint density at radius 2 is 1.78 bits per heavy atom. The van der Waals surface area contributed by atoms with Gasteiger partial charge in [0, 0.05) is 12.6 Å². The van der Waals surface area contributed by atoms with Crippen LogP contribution < -0.4 is 4.72 Å². The first-order chi connectivity index (χ1) is 10.8. The van der Waals surface area contributed by atoms with E-state index in [0.29, 0.717) is 17.4 Å². The highest BCUT2D eigenvalue weighted by Crippen LogP contribution is 2.19. The van der Waals surface area contributed by atoms with Gasteiger partial charge in [0.25, 0.3) is 0 Å². The van der Waals surface area contributed by atoms with Gasteiger partial charge in [-0.25, -0.2) is 13.1 Å². The van der Waals surface area contributed by atoms with Crippen LogP contribution in [0.2, 0.25) is 0 Å². The van der Waals surface area contributed by atoms with Gasteiger partial charge < -0.3 is 0 Å². The van der Waals surface area contributed by atoms with Crippen LogP contribution in [0.15, 0.2) is 23.1 Å². The van der Waals surface area contributed by atoms with Gasteiger partial charge in [0.05, 0.1) is 4.90 Å². The summed E-state index contributed by atoms with van der Waals surface area (Å²) in [6.45, 7) is 10.7. The van der Waals surface area contributed by atoms with Crippen LogP contribution in [0.3, 0.4) is 0 Å². The van der Waals surface area contributed by atoms with Crippen molar-refractivity contribution in [1.82, 2.24) is 9.62 Å². The molecule has 23 heavy (non-hydrogen) atoms. The number of piperidine rings is 1. The molecule has 0 bridgehead atoms. The summed E-state index contributed by atoms with van der Waals surface area (Å²) in [7, 11) is -3.46. The lowest BCUT2D eigenvalue weighted by molar-refractivity contribution is 0.130. The fourth-order valence-corrected chi connectivity index (χ4v) is 4.68. The first kappa shape index (κ1) is 18.4. The molecule has 0 radical (unpaired) electrons. The van der Waals surface area contributed by atoms with Crippen LogP contribution in [-0.4, -0.2) is 39.0 Å². The Bertz CT molecular complexity index is 620. The molecule has 0 amide bonds. The maximum atomic E-state index is 12.7. The normalized spacial score (nSPS) is 18.3. The largest absolute Gasteiger partial charge is 0.299 e. The van der Waals surface area contributed by atoms with Crippen molar-refractivity contribution in [2.75, 3.05) is 19.6 Å². The number of benzene rings is 1. The minimum absolute atomic E-state index is 0.259. The van der Waals surface area contributed by atoms with E-state index < -0.39 is 10.0 Å². The van der Waals surface area contributed by atoms with E-state index in [2.05, 4.69) is 23.5 Å². The van der Waals surface area contributed by atoms with Crippen molar-refractivity contribution in [3.63, 3.8) is 0 Å². The quantitative estimate of drug-likeness (QED) is 0.867. The molecule has 130 valence electrons. The molecule has 1 aliphatic heterocycles. The predicted molar refractivity (Wildman–Crippen MR) is 95.2 cm³/mol. The Labute approximate surface area is 141 Å². The molecule has 4 nitrogen and oxygen atoms in total. The molecule has 0 spiro atoms. The zero-order valence-electron chi connectivity index (χ0n) is 14.8. The highest BCUT2D eigenvalue weighted by atomic mass is 32.2. The lowest BCUT2D eigenvalue weighted by Crippen LogP contribution is -2.48. The molecule has 0 saturated carbocycles. The summed E-state index contributed by atoms with van der Waals surface area (Å²) in [5, 5.41) is 0. The van der Waals surface area contributed by atoms with Crippen LogP contribution in [0.5, 0.6) is 0 Å². The summed E-state index contributed by atoms with van der Waals surface area (Å²) in [6.07, 6.45) is 3.72. The van der Waals surface area contributed by atoms with E-state index in [4.69, 9.17) is 0 Å². The smallest absolute Gasteiger partial charge is 0.240 e. The molecule has 1 unspecified atom stereocenters. The molecular weight excluding hydrogens is 308 g/mol. The predicted octanol–water partition coefficient (Wildman–Crippen LogP) is 3.09. The number of rotatable bonds is 6. The average Bonchev–Trinajstić information content (AvgIpc) is 2.50. The van der Waals surface area contributed by atoms with Crippen LogP contribution in [0.25, 0.3) is 0 Å². The standard InChI is InChI=1S/C18H30N2O2S/c1-14(2)17(20-10-6-5-7-11-20)13-19-23(21,22)18-12-15(3)8-9-16(18)4/h8-9,12,14,17,19H,5-7,10-11,13H2,1-4H3. The minimum Gasteiger partial charge on any atom is -0.299 e. The molecule has 1 aliphatic rings. The molecule has 1 atom stereocenters. The van der Waals surface area contributed by atoms with Gasteiger partial charge in [-0.3, -0.25) is 4.90 Å². The summed E-state index contributed by atoms with van der Waals surface area (Å²) in [5.41, 5.74) is 1.76. The maximum Gasteiger partial charge on any atom is 0.240 e. The molecule has 1 N–H and O–H groups in total. The molecule has 5 heteroatoms. The van der Waals surface area contributed by atoms with Crippen molar-refractivity contribution in [1.29, 1.82) is 0 Å². The number of aryl methyl sites for hydroxylation is 2. The topological polar surface area (TPSA) is 49.4 Å². The first-order valence-electron chi connectivity index (χ1n) is 8.62. The first-order valence-corrected chi connectivity index (χ1v) is 10.1. The monoisotopic (exact) mass is 338 g/mol. The molecule has 1 saturated heterocycles. The van der Waals surface area contributed by atoms with Gasteiger partial charge in [-0.1, -0.05) is 32.4 Å². The van der Waals surface area contributed by atoms with Gasteiger partial charge in [-0.05, 0) is 62.9 Å². The third kappa shape index (κ3) is 4.78. The Morgan fingerprint density at radius 3 is 2.39 bits per heavy atom. The summed E-state index contributed by atoms with van der Waals surface area (Å²) < 4.78 is 28.2. The van der Waals surface area contributed by atoms with E-state index in [-0.39, 0.29) is 6.04 Å². The van der Waals surface area contributed by atoms with Gasteiger partial charge in [-0.2, -0.15) is 0 Å². The summed E-state index contributed by atoms with van der Waals surface area (Å²) in [6, 6.07) is 5.83. The molecular formula is C18H30N2O2S. The SMILES string of the molecule is Cc1ccc(C)c(S(=O)(=O)NCC(C(C)C)N2CCCCC2)c1. The zero-order valence-corrected chi connectivity index (χ0v) is 15.6. The summed E-state index contributed by atoms with van der Waals surface area (Å²) in [4.78, 5) is 2.85. The molecule has 1 aromatic carbocycles. The minimum atomic E-state index is -3.46. The fourth-order valence-electron chi connectivity index (χ4n) is 3.31. The Morgan fingerprint density at radius 1 is 1.13 bits per heavy atom. The molecule has 0 aromatic heterocycles. The Balaban J connectivity index is 2.11. The number of nitrogens with zero attached hydrogens (tertiary/aromatic N) is 1. The third-order valence-electron chi connectivity index (χ3n) is 4.74. The van der Waals surface area contributed by atoms with Gasteiger partial charge in [-0.15, -0.1) is 0 Å². The second-order valence-electron chi connectivity index (χ2n) is 7.03. The fraction of sp³-hybridized carbons (Fsp3) is 0.667. The van der Waals surface area contributed by atoms with Crippen LogP contribution >= 0.6 is 0 Å². The zero-order chi connectivity index (χ0) is 17.0. The van der Waals surface area contributed by atoms with Crippen molar-refractivity contribution in [2.45, 2.75) is 57.9 Å². The van der Waals surface area contributed by atoms with Crippen LogP contribution in [-0.2, 0) is 10.0 Å². The van der Waals surface area contributed by atoms with E-state index in [0.717, 1.165) is 24.2 Å². The molecule has 0 aliphatic carbocycles. The third-order valence-corrected chi connectivity index (χ3v) is 6.31. The number of sulfonamides is 1. The number of hydrogen-bond acceptors (Lipinski definition) is 3. The van der Waals surface area contributed by atoms with Gasteiger partial charge in [0.1, 0.15) is 0 Å². The van der Waals surface area contributed by atoms with Gasteiger partial charge in [0.2, 0.25) is 10.0 Å². The van der Waals surface area contributed by atoms with Crippen molar-refractivity contribution < 1.29 is 8.42 Å². The van der Waals surface area contributed by atoms with Crippen molar-refractivity contribution in [3.8, 4) is 0 Å². The highest BCUT2D eigenvalue weighted by Gasteiger charge is 2.26. The molecule has 1 heterocycles. The Kier molecular flexibility index (Phi) is 6.23. The number of nitrogens with one attached hydrogen (secondary N) is 1. The van der Waals surface area contributed by atoms with Crippen molar-refractivity contribution >= 4 is 10.0 Å². The molecule has 2 rings (SSSR count). The van der Waals surface area contributed by atoms with E-state index in [1.165, 1.54) is 19.3 Å². The highest BCUT2D eigenvalue weighted by molar-refractivity contribution is 7.89.